The highest BCUT2D eigenvalue weighted by Gasteiger charge is 2.33. The number of ether oxygens (including phenoxy) is 1. The molecule has 2 heterocycles. The normalized spacial score (nSPS) is 19.1. The summed E-state index contributed by atoms with van der Waals surface area (Å²) in [6.45, 7) is 2.35. The number of aromatic nitrogens is 3. The van der Waals surface area contributed by atoms with Gasteiger partial charge in [0.15, 0.2) is 11.6 Å². The van der Waals surface area contributed by atoms with Crippen molar-refractivity contribution < 1.29 is 45.0 Å². The highest BCUT2D eigenvalue weighted by molar-refractivity contribution is 7.51. The van der Waals surface area contributed by atoms with Crippen molar-refractivity contribution in [3.63, 3.8) is 0 Å². The predicted molar refractivity (Wildman–Crippen MR) is 135 cm³/mol. The van der Waals surface area contributed by atoms with Crippen LogP contribution in [0.3, 0.4) is 0 Å². The van der Waals surface area contributed by atoms with Crippen molar-refractivity contribution in [2.75, 3.05) is 6.54 Å². The van der Waals surface area contributed by atoms with Crippen molar-refractivity contribution in [1.82, 2.24) is 19.9 Å². The van der Waals surface area contributed by atoms with E-state index < -0.39 is 42.3 Å². The second-order valence-electron chi connectivity index (χ2n) is 9.82. The molecule has 1 aliphatic rings. The van der Waals surface area contributed by atoms with Crippen LogP contribution in [0.4, 0.5) is 22.0 Å². The van der Waals surface area contributed by atoms with Gasteiger partial charge in [0.1, 0.15) is 11.5 Å². The van der Waals surface area contributed by atoms with E-state index in [1.165, 1.54) is 16.8 Å². The van der Waals surface area contributed by atoms with Crippen LogP contribution in [0.2, 0.25) is 0 Å². The van der Waals surface area contributed by atoms with Gasteiger partial charge in [0.25, 0.3) is 5.91 Å². The van der Waals surface area contributed by atoms with Gasteiger partial charge in [-0.3, -0.25) is 9.36 Å². The number of amides is 1. The molecule has 3 rings (SSSR count). The van der Waals surface area contributed by atoms with Gasteiger partial charge < -0.3 is 15.2 Å². The molecule has 0 saturated heterocycles. The monoisotopic (exact) mass is 596 g/mol. The number of carbonyl (C=O) groups is 1. The standard InChI is InChI=1S/C25H33F5N4O3.O2S/c1-4-19-33-20(22(35)32-14-24(36)10-7-15(2)8-11-24)16(3)34(19)21-18(37-23(26)27)12-17(13-31-21)6-5-9-25(28,29)30;1-3-2/h12-13,15,23,36H,4-11,14H2,1-3H3,(H,32,35);. The third kappa shape index (κ3) is 9.61. The van der Waals surface area contributed by atoms with E-state index in [1.807, 2.05) is 0 Å². The van der Waals surface area contributed by atoms with Crippen LogP contribution in [0.15, 0.2) is 12.3 Å². The van der Waals surface area contributed by atoms with Gasteiger partial charge in [0.2, 0.25) is 0 Å². The van der Waals surface area contributed by atoms with E-state index in [4.69, 9.17) is 8.42 Å². The number of nitrogens with one attached hydrogen (secondary N) is 1. The van der Waals surface area contributed by atoms with E-state index in [9.17, 15) is 31.9 Å². The maximum Gasteiger partial charge on any atom is 0.389 e. The Balaban J connectivity index is 0.00000178. The third-order valence-electron chi connectivity index (χ3n) is 6.73. The van der Waals surface area contributed by atoms with E-state index in [2.05, 4.69) is 26.9 Å². The van der Waals surface area contributed by atoms with Gasteiger partial charge in [0.05, 0.1) is 11.3 Å². The number of imidazole rings is 1. The number of hydrogen-bond donors (Lipinski definition) is 2. The van der Waals surface area contributed by atoms with Crippen molar-refractivity contribution in [1.29, 1.82) is 0 Å². The summed E-state index contributed by atoms with van der Waals surface area (Å²) in [5, 5.41) is 13.5. The Morgan fingerprint density at radius 2 is 1.93 bits per heavy atom. The first-order chi connectivity index (χ1) is 18.7. The fourth-order valence-corrected chi connectivity index (χ4v) is 4.56. The lowest BCUT2D eigenvalue weighted by molar-refractivity contribution is -0.135. The van der Waals surface area contributed by atoms with E-state index in [0.29, 0.717) is 42.3 Å². The molecule has 2 N–H and O–H groups in total. The Labute approximate surface area is 232 Å². The van der Waals surface area contributed by atoms with Crippen LogP contribution in [0.5, 0.6) is 5.75 Å². The summed E-state index contributed by atoms with van der Waals surface area (Å²) in [7, 11) is 0. The summed E-state index contributed by atoms with van der Waals surface area (Å²) in [6, 6.07) is 1.24. The highest BCUT2D eigenvalue weighted by Crippen LogP contribution is 2.32. The fraction of sp³-hybridized carbons (Fsp3) is 0.640. The van der Waals surface area contributed by atoms with Gasteiger partial charge in [-0.05, 0) is 63.0 Å². The first-order valence-corrected chi connectivity index (χ1v) is 13.4. The SMILES string of the molecule is CCc1nc(C(=O)NCC2(O)CCC(C)CC2)c(C)n1-c1ncc(CCCC(F)(F)F)cc1OC(F)F.O=S=O. The number of aryl methyl sites for hydroxylation is 2. The maximum absolute atomic E-state index is 13.2. The zero-order valence-electron chi connectivity index (χ0n) is 22.4. The van der Waals surface area contributed by atoms with Crippen LogP contribution in [0.25, 0.3) is 5.82 Å². The second kappa shape index (κ2) is 14.6. The largest absolute Gasteiger partial charge is 0.431 e. The lowest BCUT2D eigenvalue weighted by Gasteiger charge is -2.34. The number of rotatable bonds is 10. The van der Waals surface area contributed by atoms with Gasteiger partial charge in [-0.1, -0.05) is 13.8 Å². The van der Waals surface area contributed by atoms with Crippen molar-refractivity contribution >= 4 is 17.5 Å². The predicted octanol–water partition coefficient (Wildman–Crippen LogP) is 4.63. The molecule has 1 aliphatic carbocycles. The molecule has 1 amide bonds. The zero-order valence-corrected chi connectivity index (χ0v) is 23.2. The summed E-state index contributed by atoms with van der Waals surface area (Å²) in [5.41, 5.74) is -0.292. The smallest absolute Gasteiger partial charge is 0.389 e. The Bertz CT molecular complexity index is 1180. The molecule has 0 aromatic carbocycles. The quantitative estimate of drug-likeness (QED) is 0.384. The van der Waals surface area contributed by atoms with Crippen molar-refractivity contribution in [2.45, 2.75) is 90.5 Å². The Hall–Kier alpha value is -2.94. The number of aliphatic hydroxyl groups is 1. The van der Waals surface area contributed by atoms with Crippen LogP contribution in [-0.4, -0.2) is 58.9 Å². The van der Waals surface area contributed by atoms with Gasteiger partial charge in [-0.15, -0.1) is 0 Å². The van der Waals surface area contributed by atoms with Gasteiger partial charge in [0, 0.05) is 25.6 Å². The number of hydrogen-bond acceptors (Lipinski definition) is 7. The molecule has 2 aromatic rings. The van der Waals surface area contributed by atoms with E-state index in [0.717, 1.165) is 12.8 Å². The number of carbonyl (C=O) groups excluding carboxylic acids is 1. The maximum atomic E-state index is 13.2. The molecule has 0 aliphatic heterocycles. The molecule has 0 spiro atoms. The molecule has 9 nitrogen and oxygen atoms in total. The lowest BCUT2D eigenvalue weighted by atomic mass is 9.79. The van der Waals surface area contributed by atoms with Crippen LogP contribution < -0.4 is 10.1 Å². The molecule has 0 bridgehead atoms. The highest BCUT2D eigenvalue weighted by atomic mass is 32.1. The molecule has 2 aromatic heterocycles. The minimum Gasteiger partial charge on any atom is -0.431 e. The van der Waals surface area contributed by atoms with Crippen LogP contribution in [0, 0.1) is 12.8 Å². The summed E-state index contributed by atoms with van der Waals surface area (Å²) in [5.74, 6) is 0.00423. The molecular formula is C25H33F5N4O5S. The molecule has 0 unspecified atom stereocenters. The van der Waals surface area contributed by atoms with Crippen molar-refractivity contribution in [3.05, 3.63) is 35.0 Å². The average Bonchev–Trinajstić information content (AvgIpc) is 3.20. The van der Waals surface area contributed by atoms with Gasteiger partial charge in [-0.25, -0.2) is 9.97 Å². The molecule has 1 fully saturated rings. The molecule has 224 valence electrons. The van der Waals surface area contributed by atoms with Gasteiger partial charge in [-0.2, -0.15) is 30.4 Å². The van der Waals surface area contributed by atoms with E-state index in [-0.39, 0.29) is 36.6 Å². The molecule has 1 saturated carbocycles. The zero-order chi connectivity index (χ0) is 30.1. The Morgan fingerprint density at radius 1 is 1.30 bits per heavy atom. The fourth-order valence-electron chi connectivity index (χ4n) is 4.56. The molecular weight excluding hydrogens is 563 g/mol. The number of pyridine rings is 1. The second-order valence-corrected chi connectivity index (χ2v) is 9.96. The molecule has 15 heteroatoms. The number of nitrogens with zero attached hydrogens (tertiary/aromatic N) is 3. The molecule has 40 heavy (non-hydrogen) atoms. The number of halogens is 5. The molecule has 0 atom stereocenters. The summed E-state index contributed by atoms with van der Waals surface area (Å²) in [4.78, 5) is 21.6. The average molecular weight is 597 g/mol. The third-order valence-corrected chi connectivity index (χ3v) is 6.73. The van der Waals surface area contributed by atoms with Crippen LogP contribution in [0.1, 0.15) is 79.9 Å². The van der Waals surface area contributed by atoms with Crippen LogP contribution >= 0.6 is 0 Å². The Morgan fingerprint density at radius 3 is 2.48 bits per heavy atom. The van der Waals surface area contributed by atoms with Crippen LogP contribution in [-0.2, 0) is 24.4 Å². The number of alkyl halides is 5. The lowest BCUT2D eigenvalue weighted by Crippen LogP contribution is -2.45. The van der Waals surface area contributed by atoms with E-state index in [1.54, 1.807) is 13.8 Å². The van der Waals surface area contributed by atoms with Crippen molar-refractivity contribution in [3.8, 4) is 11.6 Å². The minimum absolute atomic E-state index is 0.0225. The summed E-state index contributed by atoms with van der Waals surface area (Å²) in [6.07, 6.45) is -1.04. The molecule has 0 radical (unpaired) electrons. The minimum atomic E-state index is -4.32. The Kier molecular flexibility index (Phi) is 12.2. The topological polar surface area (TPSA) is 123 Å². The summed E-state index contributed by atoms with van der Waals surface area (Å²) < 4.78 is 86.5. The summed E-state index contributed by atoms with van der Waals surface area (Å²) >= 11 is -0.750. The van der Waals surface area contributed by atoms with Gasteiger partial charge >= 0.3 is 24.4 Å². The first kappa shape index (κ1) is 33.3. The van der Waals surface area contributed by atoms with E-state index >= 15 is 0 Å². The van der Waals surface area contributed by atoms with Crippen molar-refractivity contribution in [2.24, 2.45) is 5.92 Å². The first-order valence-electron chi connectivity index (χ1n) is 12.7.